The summed E-state index contributed by atoms with van der Waals surface area (Å²) in [6.45, 7) is 4.96. The van der Waals surface area contributed by atoms with Gasteiger partial charge in [0.05, 0.1) is 12.2 Å². The summed E-state index contributed by atoms with van der Waals surface area (Å²) in [5.74, 6) is 0.612. The van der Waals surface area contributed by atoms with Crippen LogP contribution < -0.4 is 10.6 Å². The lowest BCUT2D eigenvalue weighted by Crippen LogP contribution is -2.46. The Hall–Kier alpha value is -3.30. The van der Waals surface area contributed by atoms with Crippen molar-refractivity contribution in [3.05, 3.63) is 83.3 Å². The van der Waals surface area contributed by atoms with Crippen LogP contribution >= 0.6 is 0 Å². The third-order valence-corrected chi connectivity index (χ3v) is 5.39. The van der Waals surface area contributed by atoms with E-state index >= 15 is 0 Å². The maximum Gasteiger partial charge on any atom is 0.133 e. The summed E-state index contributed by atoms with van der Waals surface area (Å²) < 4.78 is 15.2. The first-order valence-corrected chi connectivity index (χ1v) is 9.79. The molecule has 1 saturated heterocycles. The second-order valence-electron chi connectivity index (χ2n) is 7.38. The van der Waals surface area contributed by atoms with Gasteiger partial charge in [0.1, 0.15) is 23.4 Å². The van der Waals surface area contributed by atoms with Crippen LogP contribution in [0.5, 0.6) is 0 Å². The van der Waals surface area contributed by atoms with Crippen LogP contribution in [0.3, 0.4) is 0 Å². The molecule has 1 aliphatic heterocycles. The van der Waals surface area contributed by atoms with Gasteiger partial charge in [0.15, 0.2) is 0 Å². The van der Waals surface area contributed by atoms with Crippen molar-refractivity contribution in [2.75, 3.05) is 36.8 Å². The molecule has 6 heteroatoms. The maximum absolute atomic E-state index is 13.2. The second kappa shape index (κ2) is 8.38. The van der Waals surface area contributed by atoms with E-state index in [1.54, 1.807) is 18.2 Å². The quantitative estimate of drug-likeness (QED) is 0.726. The van der Waals surface area contributed by atoms with Gasteiger partial charge in [-0.25, -0.2) is 4.39 Å². The molecular weight excluding hydrogens is 365 g/mol. The van der Waals surface area contributed by atoms with Crippen molar-refractivity contribution in [1.82, 2.24) is 9.47 Å². The highest BCUT2D eigenvalue weighted by Gasteiger charge is 2.23. The SMILES string of the molecule is N#Cc1cc(N)c(N2CCN(Cc3ccccc3)CC2)n1Cc1ccc(F)cc1. The minimum absolute atomic E-state index is 0.268. The predicted octanol–water partition coefficient (Wildman–Crippen LogP) is 3.45. The van der Waals surface area contributed by atoms with Crippen molar-refractivity contribution >= 4 is 11.5 Å². The molecule has 1 aliphatic rings. The standard InChI is InChI=1S/C23H24FN5/c24-20-8-6-19(7-9-20)17-29-21(15-25)14-22(26)23(29)28-12-10-27(11-13-28)16-18-4-2-1-3-5-18/h1-9,14H,10-13,16-17,26H2. The van der Waals surface area contributed by atoms with E-state index in [9.17, 15) is 9.65 Å². The van der Waals surface area contributed by atoms with Crippen LogP contribution in [0.25, 0.3) is 0 Å². The Morgan fingerprint density at radius 1 is 0.897 bits per heavy atom. The van der Waals surface area contributed by atoms with Crippen LogP contribution in [0.1, 0.15) is 16.8 Å². The molecule has 1 fully saturated rings. The van der Waals surface area contributed by atoms with E-state index in [0.717, 1.165) is 44.1 Å². The number of nitrogens with two attached hydrogens (primary N) is 1. The average molecular weight is 389 g/mol. The summed E-state index contributed by atoms with van der Waals surface area (Å²) in [6, 6.07) is 20.8. The van der Waals surface area contributed by atoms with Crippen molar-refractivity contribution in [2.24, 2.45) is 0 Å². The molecular formula is C23H24FN5. The van der Waals surface area contributed by atoms with E-state index in [1.165, 1.54) is 17.7 Å². The smallest absolute Gasteiger partial charge is 0.133 e. The summed E-state index contributed by atoms with van der Waals surface area (Å²) in [5.41, 5.74) is 9.68. The van der Waals surface area contributed by atoms with Gasteiger partial charge in [-0.1, -0.05) is 42.5 Å². The van der Waals surface area contributed by atoms with E-state index in [2.05, 4.69) is 40.1 Å². The van der Waals surface area contributed by atoms with Crippen molar-refractivity contribution < 1.29 is 4.39 Å². The summed E-state index contributed by atoms with van der Waals surface area (Å²) in [5, 5.41) is 9.57. The topological polar surface area (TPSA) is 61.2 Å². The molecule has 2 N–H and O–H groups in total. The number of nitrogens with zero attached hydrogens (tertiary/aromatic N) is 4. The number of hydrogen-bond acceptors (Lipinski definition) is 4. The Balaban J connectivity index is 1.50. The van der Waals surface area contributed by atoms with E-state index in [1.807, 2.05) is 10.6 Å². The van der Waals surface area contributed by atoms with Crippen LogP contribution in [0.2, 0.25) is 0 Å². The van der Waals surface area contributed by atoms with Crippen LogP contribution in [0.15, 0.2) is 60.7 Å². The van der Waals surface area contributed by atoms with E-state index < -0.39 is 0 Å². The Bertz CT molecular complexity index is 996. The maximum atomic E-state index is 13.2. The van der Waals surface area contributed by atoms with Crippen LogP contribution in [0.4, 0.5) is 15.9 Å². The molecule has 0 unspecified atom stereocenters. The lowest BCUT2D eigenvalue weighted by atomic mass is 10.2. The minimum Gasteiger partial charge on any atom is -0.396 e. The van der Waals surface area contributed by atoms with Gasteiger partial charge in [-0.3, -0.25) is 4.90 Å². The lowest BCUT2D eigenvalue weighted by Gasteiger charge is -2.36. The Morgan fingerprint density at radius 3 is 2.21 bits per heavy atom. The monoisotopic (exact) mass is 389 g/mol. The van der Waals surface area contributed by atoms with Crippen LogP contribution in [-0.2, 0) is 13.1 Å². The number of nitrogen functional groups attached to an aromatic ring is 1. The molecule has 0 saturated carbocycles. The molecule has 3 aromatic rings. The first kappa shape index (κ1) is 19.0. The number of rotatable bonds is 5. The van der Waals surface area contributed by atoms with Crippen LogP contribution in [-0.4, -0.2) is 35.6 Å². The Kier molecular flexibility index (Phi) is 5.50. The molecule has 2 aromatic carbocycles. The summed E-state index contributed by atoms with van der Waals surface area (Å²) in [4.78, 5) is 4.68. The molecule has 0 spiro atoms. The fourth-order valence-corrected chi connectivity index (χ4v) is 3.90. The highest BCUT2D eigenvalue weighted by Crippen LogP contribution is 2.30. The molecule has 0 aliphatic carbocycles. The molecule has 29 heavy (non-hydrogen) atoms. The summed E-state index contributed by atoms with van der Waals surface area (Å²) >= 11 is 0. The van der Waals surface area contributed by atoms with Gasteiger partial charge in [-0.05, 0) is 29.3 Å². The molecule has 0 amide bonds. The molecule has 5 nitrogen and oxygen atoms in total. The van der Waals surface area contributed by atoms with Gasteiger partial charge in [-0.2, -0.15) is 5.26 Å². The second-order valence-corrected chi connectivity index (χ2v) is 7.38. The van der Waals surface area contributed by atoms with Crippen LogP contribution in [0, 0.1) is 17.1 Å². The highest BCUT2D eigenvalue weighted by atomic mass is 19.1. The minimum atomic E-state index is -0.268. The fourth-order valence-electron chi connectivity index (χ4n) is 3.90. The predicted molar refractivity (Wildman–Crippen MR) is 113 cm³/mol. The molecule has 0 radical (unpaired) electrons. The fraction of sp³-hybridized carbons (Fsp3) is 0.261. The zero-order chi connectivity index (χ0) is 20.2. The molecule has 4 rings (SSSR count). The number of anilines is 2. The van der Waals surface area contributed by atoms with Gasteiger partial charge < -0.3 is 15.2 Å². The first-order chi connectivity index (χ1) is 14.1. The number of aromatic nitrogens is 1. The number of benzene rings is 2. The Morgan fingerprint density at radius 2 is 1.55 bits per heavy atom. The molecule has 148 valence electrons. The van der Waals surface area contributed by atoms with E-state index in [4.69, 9.17) is 5.73 Å². The third-order valence-electron chi connectivity index (χ3n) is 5.39. The molecule has 1 aromatic heterocycles. The van der Waals surface area contributed by atoms with Gasteiger partial charge in [0, 0.05) is 32.7 Å². The summed E-state index contributed by atoms with van der Waals surface area (Å²) in [7, 11) is 0. The third kappa shape index (κ3) is 4.25. The first-order valence-electron chi connectivity index (χ1n) is 9.79. The number of nitriles is 1. The lowest BCUT2D eigenvalue weighted by molar-refractivity contribution is 0.249. The zero-order valence-corrected chi connectivity index (χ0v) is 16.3. The normalized spacial score (nSPS) is 14.7. The van der Waals surface area contributed by atoms with E-state index in [-0.39, 0.29) is 5.82 Å². The number of piperazine rings is 1. The van der Waals surface area contributed by atoms with E-state index in [0.29, 0.717) is 17.9 Å². The molecule has 0 bridgehead atoms. The van der Waals surface area contributed by atoms with Gasteiger partial charge in [0.25, 0.3) is 0 Å². The highest BCUT2D eigenvalue weighted by molar-refractivity contribution is 5.68. The largest absolute Gasteiger partial charge is 0.396 e. The average Bonchev–Trinajstić information content (AvgIpc) is 3.06. The zero-order valence-electron chi connectivity index (χ0n) is 16.3. The molecule has 2 heterocycles. The van der Waals surface area contributed by atoms with Crippen molar-refractivity contribution in [3.63, 3.8) is 0 Å². The van der Waals surface area contributed by atoms with Crippen molar-refractivity contribution in [2.45, 2.75) is 13.1 Å². The summed E-state index contributed by atoms with van der Waals surface area (Å²) in [6.07, 6.45) is 0. The van der Waals surface area contributed by atoms with Gasteiger partial charge in [0.2, 0.25) is 0 Å². The van der Waals surface area contributed by atoms with Crippen molar-refractivity contribution in [3.8, 4) is 6.07 Å². The number of halogens is 1. The molecule has 0 atom stereocenters. The number of hydrogen-bond donors (Lipinski definition) is 1. The van der Waals surface area contributed by atoms with Crippen molar-refractivity contribution in [1.29, 1.82) is 5.26 Å². The van der Waals surface area contributed by atoms with Gasteiger partial charge in [-0.15, -0.1) is 0 Å². The Labute approximate surface area is 170 Å². The van der Waals surface area contributed by atoms with Gasteiger partial charge >= 0.3 is 0 Å².